The van der Waals surface area contributed by atoms with Crippen LogP contribution in [0.25, 0.3) is 0 Å². The van der Waals surface area contributed by atoms with Crippen molar-refractivity contribution >= 4 is 11.7 Å². The lowest BCUT2D eigenvalue weighted by Gasteiger charge is -2.07. The van der Waals surface area contributed by atoms with E-state index in [-0.39, 0.29) is 28.4 Å². The van der Waals surface area contributed by atoms with Crippen LogP contribution in [-0.4, -0.2) is 20.7 Å². The summed E-state index contributed by atoms with van der Waals surface area (Å²) in [4.78, 5) is 26.5. The fourth-order valence-corrected chi connectivity index (χ4v) is 1.85. The van der Waals surface area contributed by atoms with Gasteiger partial charge in [0.15, 0.2) is 5.82 Å². The maximum Gasteiger partial charge on any atom is 0.257 e. The molecule has 0 aliphatic carbocycles. The second-order valence-electron chi connectivity index (χ2n) is 4.97. The van der Waals surface area contributed by atoms with Crippen LogP contribution >= 0.6 is 0 Å². The van der Waals surface area contributed by atoms with Gasteiger partial charge in [-0.3, -0.25) is 14.3 Å². The molecule has 7 heteroatoms. The van der Waals surface area contributed by atoms with Crippen molar-refractivity contribution in [1.82, 2.24) is 14.8 Å². The third-order valence-corrected chi connectivity index (χ3v) is 2.93. The summed E-state index contributed by atoms with van der Waals surface area (Å²) in [5, 5.41) is 15.5. The summed E-state index contributed by atoms with van der Waals surface area (Å²) in [7, 11) is 1.65. The molecule has 0 aliphatic heterocycles. The summed E-state index contributed by atoms with van der Waals surface area (Å²) >= 11 is 0. The van der Waals surface area contributed by atoms with Crippen LogP contribution in [0.4, 0.5) is 5.82 Å². The number of aromatic amines is 1. The van der Waals surface area contributed by atoms with Crippen LogP contribution in [0.2, 0.25) is 0 Å². The fraction of sp³-hybridized carbons (Fsp3) is 0.286. The molecule has 0 spiro atoms. The molecular weight excluding hydrogens is 270 g/mol. The van der Waals surface area contributed by atoms with Gasteiger partial charge < -0.3 is 10.3 Å². The number of aryl methyl sites for hydroxylation is 1. The van der Waals surface area contributed by atoms with Crippen molar-refractivity contribution in [2.75, 3.05) is 5.32 Å². The average molecular weight is 285 g/mol. The number of nitrogens with zero attached hydrogens (tertiary/aromatic N) is 3. The molecule has 2 rings (SSSR count). The van der Waals surface area contributed by atoms with E-state index in [0.717, 1.165) is 0 Å². The van der Waals surface area contributed by atoms with E-state index in [1.807, 2.05) is 19.9 Å². The normalized spacial score (nSPS) is 10.4. The number of aromatic nitrogens is 3. The fourth-order valence-electron chi connectivity index (χ4n) is 1.85. The third kappa shape index (κ3) is 3.17. The molecule has 2 aromatic heterocycles. The SMILES string of the molecule is CC(C)c1cc(C(=O)Nc2nn(C)cc2C#N)cc(=O)[nH]1. The van der Waals surface area contributed by atoms with Crippen molar-refractivity contribution in [3.8, 4) is 6.07 Å². The zero-order valence-corrected chi connectivity index (χ0v) is 12.0. The second-order valence-corrected chi connectivity index (χ2v) is 4.97. The average Bonchev–Trinajstić information content (AvgIpc) is 2.77. The Morgan fingerprint density at radius 1 is 1.48 bits per heavy atom. The van der Waals surface area contributed by atoms with Crippen LogP contribution in [0.1, 0.15) is 41.4 Å². The number of H-pyrrole nitrogens is 1. The second kappa shape index (κ2) is 5.63. The van der Waals surface area contributed by atoms with Gasteiger partial charge in [0.1, 0.15) is 11.6 Å². The first-order valence-electron chi connectivity index (χ1n) is 6.40. The van der Waals surface area contributed by atoms with Gasteiger partial charge in [0, 0.05) is 30.6 Å². The molecule has 0 unspecified atom stereocenters. The molecule has 2 aromatic rings. The van der Waals surface area contributed by atoms with Crippen LogP contribution in [0.5, 0.6) is 0 Å². The highest BCUT2D eigenvalue weighted by Gasteiger charge is 2.14. The summed E-state index contributed by atoms with van der Waals surface area (Å²) in [5.41, 5.74) is 0.832. The van der Waals surface area contributed by atoms with Gasteiger partial charge >= 0.3 is 0 Å². The molecule has 108 valence electrons. The minimum absolute atomic E-state index is 0.0926. The van der Waals surface area contributed by atoms with Crippen molar-refractivity contribution in [1.29, 1.82) is 5.26 Å². The van der Waals surface area contributed by atoms with Gasteiger partial charge in [0.25, 0.3) is 5.91 Å². The Hall–Kier alpha value is -2.88. The minimum Gasteiger partial charge on any atom is -0.326 e. The molecule has 1 amide bonds. The Labute approximate surface area is 121 Å². The van der Waals surface area contributed by atoms with Crippen molar-refractivity contribution in [2.45, 2.75) is 19.8 Å². The Balaban J connectivity index is 2.33. The molecule has 21 heavy (non-hydrogen) atoms. The lowest BCUT2D eigenvalue weighted by Crippen LogP contribution is -2.18. The quantitative estimate of drug-likeness (QED) is 0.888. The molecule has 7 nitrogen and oxygen atoms in total. The van der Waals surface area contributed by atoms with Crippen molar-refractivity contribution < 1.29 is 4.79 Å². The molecule has 0 aromatic carbocycles. The number of hydrogen-bond acceptors (Lipinski definition) is 4. The number of pyridine rings is 1. The number of amides is 1. The van der Waals surface area contributed by atoms with E-state index in [1.54, 1.807) is 13.1 Å². The molecule has 0 radical (unpaired) electrons. The van der Waals surface area contributed by atoms with Gasteiger partial charge in [-0.15, -0.1) is 0 Å². The van der Waals surface area contributed by atoms with Crippen LogP contribution in [0.3, 0.4) is 0 Å². The highest BCUT2D eigenvalue weighted by Crippen LogP contribution is 2.14. The van der Waals surface area contributed by atoms with Crippen LogP contribution in [-0.2, 0) is 7.05 Å². The monoisotopic (exact) mass is 285 g/mol. The topological polar surface area (TPSA) is 104 Å². The van der Waals surface area contributed by atoms with Gasteiger partial charge in [0.05, 0.1) is 0 Å². The predicted molar refractivity (Wildman–Crippen MR) is 77.0 cm³/mol. The number of rotatable bonds is 3. The summed E-state index contributed by atoms with van der Waals surface area (Å²) in [6.07, 6.45) is 1.51. The zero-order valence-electron chi connectivity index (χ0n) is 12.0. The van der Waals surface area contributed by atoms with Crippen LogP contribution in [0, 0.1) is 11.3 Å². The summed E-state index contributed by atoms with van der Waals surface area (Å²) in [5.74, 6) is -0.204. The Bertz CT molecular complexity index is 779. The van der Waals surface area contributed by atoms with Gasteiger partial charge in [-0.2, -0.15) is 10.4 Å². The first kappa shape index (κ1) is 14.5. The molecule has 0 atom stereocenters. The van der Waals surface area contributed by atoms with Crippen LogP contribution < -0.4 is 10.9 Å². The lowest BCUT2D eigenvalue weighted by molar-refractivity contribution is 0.102. The number of anilines is 1. The number of carbonyl (C=O) groups is 1. The molecule has 0 bridgehead atoms. The summed E-state index contributed by atoms with van der Waals surface area (Å²) in [6.45, 7) is 3.83. The standard InChI is InChI=1S/C14H15N5O2/c1-8(2)11-4-9(5-12(20)16-11)14(21)17-13-10(6-15)7-19(3)18-13/h4-5,7-8H,1-3H3,(H,16,20)(H,17,18,21). The van der Waals surface area contributed by atoms with Crippen molar-refractivity contribution in [3.63, 3.8) is 0 Å². The first-order valence-corrected chi connectivity index (χ1v) is 6.40. The molecule has 0 aliphatic rings. The summed E-state index contributed by atoms with van der Waals surface area (Å²) < 4.78 is 1.44. The van der Waals surface area contributed by atoms with Crippen molar-refractivity contribution in [3.05, 3.63) is 45.5 Å². The van der Waals surface area contributed by atoms with Crippen molar-refractivity contribution in [2.24, 2.45) is 7.05 Å². The molecule has 0 saturated carbocycles. The number of hydrogen-bond donors (Lipinski definition) is 2. The Morgan fingerprint density at radius 3 is 2.81 bits per heavy atom. The lowest BCUT2D eigenvalue weighted by atomic mass is 10.1. The van der Waals surface area contributed by atoms with E-state index in [2.05, 4.69) is 15.4 Å². The number of carbonyl (C=O) groups excluding carboxylic acids is 1. The Kier molecular flexibility index (Phi) is 3.89. The molecule has 2 heterocycles. The highest BCUT2D eigenvalue weighted by molar-refractivity contribution is 6.04. The largest absolute Gasteiger partial charge is 0.326 e. The van der Waals surface area contributed by atoms with E-state index in [0.29, 0.717) is 5.69 Å². The molecular formula is C14H15N5O2. The summed E-state index contributed by atoms with van der Waals surface area (Å²) in [6, 6.07) is 4.79. The van der Waals surface area contributed by atoms with E-state index >= 15 is 0 Å². The van der Waals surface area contributed by atoms with E-state index < -0.39 is 5.91 Å². The van der Waals surface area contributed by atoms with E-state index in [1.165, 1.54) is 16.9 Å². The van der Waals surface area contributed by atoms with Crippen LogP contribution in [0.15, 0.2) is 23.1 Å². The Morgan fingerprint density at radius 2 is 2.19 bits per heavy atom. The van der Waals surface area contributed by atoms with E-state index in [4.69, 9.17) is 5.26 Å². The molecule has 0 fully saturated rings. The van der Waals surface area contributed by atoms with Gasteiger partial charge in [-0.1, -0.05) is 13.8 Å². The first-order chi connectivity index (χ1) is 9.90. The smallest absolute Gasteiger partial charge is 0.257 e. The molecule has 2 N–H and O–H groups in total. The third-order valence-electron chi connectivity index (χ3n) is 2.93. The zero-order chi connectivity index (χ0) is 15.6. The highest BCUT2D eigenvalue weighted by atomic mass is 16.2. The number of nitriles is 1. The van der Waals surface area contributed by atoms with Gasteiger partial charge in [-0.05, 0) is 12.0 Å². The maximum absolute atomic E-state index is 12.2. The van der Waals surface area contributed by atoms with Gasteiger partial charge in [-0.25, -0.2) is 0 Å². The maximum atomic E-state index is 12.2. The molecule has 0 saturated heterocycles. The predicted octanol–water partition coefficient (Wildman–Crippen LogP) is 1.36. The number of nitrogens with one attached hydrogen (secondary N) is 2. The van der Waals surface area contributed by atoms with Gasteiger partial charge in [0.2, 0.25) is 5.56 Å². The van der Waals surface area contributed by atoms with E-state index in [9.17, 15) is 9.59 Å². The minimum atomic E-state index is -0.474.